The molecule has 1 rings (SSSR count). The van der Waals surface area contributed by atoms with Crippen LogP contribution in [0.2, 0.25) is 0 Å². The van der Waals surface area contributed by atoms with Crippen molar-refractivity contribution in [3.63, 3.8) is 0 Å². The maximum Gasteiger partial charge on any atom is 0.433 e. The number of nitrogens with zero attached hydrogens (tertiary/aromatic N) is 2. The van der Waals surface area contributed by atoms with E-state index in [1.807, 2.05) is 0 Å². The number of alkyl halides is 5. The van der Waals surface area contributed by atoms with Gasteiger partial charge in [0.1, 0.15) is 5.69 Å². The molecule has 0 spiro atoms. The van der Waals surface area contributed by atoms with E-state index in [1.165, 1.54) is 28.7 Å². The summed E-state index contributed by atoms with van der Waals surface area (Å²) in [6.07, 6.45) is -7.95. The number of rotatable bonds is 2. The van der Waals surface area contributed by atoms with Crippen molar-refractivity contribution in [3.05, 3.63) is 26.6 Å². The first-order valence-corrected chi connectivity index (χ1v) is 5.26. The minimum atomic E-state index is -4.85. The Morgan fingerprint density at radius 1 is 1.41 bits per heavy atom. The number of aromatic nitrogens is 1. The van der Waals surface area contributed by atoms with Crippen molar-refractivity contribution in [3.8, 4) is 6.07 Å². The molecule has 0 saturated carbocycles. The summed E-state index contributed by atoms with van der Waals surface area (Å²) in [7, 11) is 0. The van der Waals surface area contributed by atoms with Gasteiger partial charge in [0.25, 0.3) is 6.43 Å². The lowest BCUT2D eigenvalue weighted by Crippen LogP contribution is -2.15. The lowest BCUT2D eigenvalue weighted by atomic mass is 10.0. The second kappa shape index (κ2) is 5.12. The summed E-state index contributed by atoms with van der Waals surface area (Å²) in [5, 5.41) is 8.41. The summed E-state index contributed by atoms with van der Waals surface area (Å²) in [6, 6.07) is 1.44. The number of hydrogen-bond acceptors (Lipinski definition) is 2. The fraction of sp³-hybridized carbons (Fsp3) is 0.333. The maximum absolute atomic E-state index is 12.7. The Morgan fingerprint density at radius 3 is 2.41 bits per heavy atom. The molecule has 1 aromatic rings. The van der Waals surface area contributed by atoms with Crippen LogP contribution in [0.5, 0.6) is 0 Å². The molecule has 0 saturated heterocycles. The molecule has 0 radical (unpaired) electrons. The van der Waals surface area contributed by atoms with Crippen LogP contribution in [-0.2, 0) is 12.6 Å². The number of nitriles is 1. The van der Waals surface area contributed by atoms with Gasteiger partial charge in [0.05, 0.1) is 12.5 Å². The normalized spacial score (nSPS) is 11.6. The molecule has 0 atom stereocenters. The summed E-state index contributed by atoms with van der Waals surface area (Å²) in [4.78, 5) is 3.09. The third-order valence-electron chi connectivity index (χ3n) is 1.92. The van der Waals surface area contributed by atoms with Gasteiger partial charge in [-0.05, 0) is 22.6 Å². The van der Waals surface area contributed by atoms with Gasteiger partial charge in [-0.15, -0.1) is 0 Å². The fourth-order valence-corrected chi connectivity index (χ4v) is 1.98. The van der Waals surface area contributed by atoms with Gasteiger partial charge in [-0.25, -0.2) is 8.78 Å². The zero-order valence-electron chi connectivity index (χ0n) is 8.02. The average Bonchev–Trinajstić information content (AvgIpc) is 2.15. The highest BCUT2D eigenvalue weighted by Crippen LogP contribution is 2.36. The molecule has 0 N–H and O–H groups in total. The molecule has 0 fully saturated rings. The van der Waals surface area contributed by atoms with Gasteiger partial charge in [0.2, 0.25) is 0 Å². The standard InChI is InChI=1S/C9H4F5IN2/c10-8(11)6-4(1-2-16)7(9(12,13)14)17-3-5(6)15/h3,8H,1H2. The first-order valence-electron chi connectivity index (χ1n) is 4.18. The molecule has 17 heavy (non-hydrogen) atoms. The number of hydrogen-bond donors (Lipinski definition) is 0. The van der Waals surface area contributed by atoms with Gasteiger partial charge in [-0.1, -0.05) is 0 Å². The Hall–Kier alpha value is -0.980. The van der Waals surface area contributed by atoms with Gasteiger partial charge in [0.15, 0.2) is 0 Å². The molecule has 0 aromatic carbocycles. The Kier molecular flexibility index (Phi) is 4.24. The Balaban J connectivity index is 3.54. The molecule has 0 bridgehead atoms. The highest BCUT2D eigenvalue weighted by molar-refractivity contribution is 14.1. The van der Waals surface area contributed by atoms with Crippen LogP contribution in [0, 0.1) is 14.9 Å². The molecule has 0 aliphatic rings. The van der Waals surface area contributed by atoms with E-state index in [2.05, 4.69) is 4.98 Å². The van der Waals surface area contributed by atoms with E-state index in [0.717, 1.165) is 6.20 Å². The zero-order chi connectivity index (χ0) is 13.2. The van der Waals surface area contributed by atoms with Gasteiger partial charge in [0, 0.05) is 20.9 Å². The van der Waals surface area contributed by atoms with Crippen molar-refractivity contribution in [2.75, 3.05) is 0 Å². The van der Waals surface area contributed by atoms with E-state index in [-0.39, 0.29) is 3.57 Å². The molecule has 1 aromatic heterocycles. The molecule has 0 aliphatic carbocycles. The molecule has 2 nitrogen and oxygen atoms in total. The third-order valence-corrected chi connectivity index (χ3v) is 2.78. The topological polar surface area (TPSA) is 36.7 Å². The van der Waals surface area contributed by atoms with E-state index in [9.17, 15) is 22.0 Å². The zero-order valence-corrected chi connectivity index (χ0v) is 10.2. The molecule has 92 valence electrons. The number of pyridine rings is 1. The van der Waals surface area contributed by atoms with Gasteiger partial charge < -0.3 is 0 Å². The van der Waals surface area contributed by atoms with Crippen LogP contribution in [-0.4, -0.2) is 4.98 Å². The van der Waals surface area contributed by atoms with Crippen molar-refractivity contribution in [1.82, 2.24) is 4.98 Å². The first kappa shape index (κ1) is 14.1. The van der Waals surface area contributed by atoms with Crippen LogP contribution in [0.3, 0.4) is 0 Å². The fourth-order valence-electron chi connectivity index (χ4n) is 1.28. The summed E-state index contributed by atoms with van der Waals surface area (Å²) in [5.74, 6) is 0. The molecule has 1 heterocycles. The Bertz CT molecular complexity index is 464. The van der Waals surface area contributed by atoms with Crippen LogP contribution in [0.25, 0.3) is 0 Å². The summed E-state index contributed by atoms with van der Waals surface area (Å²) >= 11 is 1.47. The van der Waals surface area contributed by atoms with E-state index in [4.69, 9.17) is 5.26 Å². The molecule has 8 heteroatoms. The molecule has 0 unspecified atom stereocenters. The molecular weight excluding hydrogens is 358 g/mol. The summed E-state index contributed by atoms with van der Waals surface area (Å²) < 4.78 is 62.8. The second-order valence-electron chi connectivity index (χ2n) is 2.98. The SMILES string of the molecule is N#CCc1c(C(F)(F)F)ncc(I)c1C(F)F. The van der Waals surface area contributed by atoms with Crippen molar-refractivity contribution in [1.29, 1.82) is 5.26 Å². The van der Waals surface area contributed by atoms with E-state index >= 15 is 0 Å². The van der Waals surface area contributed by atoms with Crippen molar-refractivity contribution in [2.45, 2.75) is 19.0 Å². The van der Waals surface area contributed by atoms with E-state index in [0.29, 0.717) is 0 Å². The molecular formula is C9H4F5IN2. The van der Waals surface area contributed by atoms with E-state index in [1.54, 1.807) is 0 Å². The highest BCUT2D eigenvalue weighted by Gasteiger charge is 2.37. The van der Waals surface area contributed by atoms with Crippen LogP contribution in [0.4, 0.5) is 22.0 Å². The van der Waals surface area contributed by atoms with Crippen LogP contribution < -0.4 is 0 Å². The lowest BCUT2D eigenvalue weighted by molar-refractivity contribution is -0.141. The summed E-state index contributed by atoms with van der Waals surface area (Å²) in [5.41, 5.74) is -2.94. The maximum atomic E-state index is 12.7. The van der Waals surface area contributed by atoms with Gasteiger partial charge >= 0.3 is 6.18 Å². The van der Waals surface area contributed by atoms with Crippen LogP contribution in [0.1, 0.15) is 23.2 Å². The average molecular weight is 362 g/mol. The predicted octanol–water partition coefficient (Wildman–Crippen LogP) is 3.71. The smallest absolute Gasteiger partial charge is 0.250 e. The number of halogens is 6. The quantitative estimate of drug-likeness (QED) is 0.594. The first-order chi connectivity index (χ1) is 7.79. The van der Waals surface area contributed by atoms with Crippen LogP contribution in [0.15, 0.2) is 6.20 Å². The van der Waals surface area contributed by atoms with Crippen molar-refractivity contribution in [2.24, 2.45) is 0 Å². The van der Waals surface area contributed by atoms with Crippen molar-refractivity contribution >= 4 is 22.6 Å². The van der Waals surface area contributed by atoms with Crippen LogP contribution >= 0.6 is 22.6 Å². The lowest BCUT2D eigenvalue weighted by Gasteiger charge is -2.14. The summed E-state index contributed by atoms with van der Waals surface area (Å²) in [6.45, 7) is 0. The van der Waals surface area contributed by atoms with Gasteiger partial charge in [-0.3, -0.25) is 4.98 Å². The Morgan fingerprint density at radius 2 is 2.00 bits per heavy atom. The highest BCUT2D eigenvalue weighted by atomic mass is 127. The largest absolute Gasteiger partial charge is 0.433 e. The Labute approximate surface area is 107 Å². The van der Waals surface area contributed by atoms with Gasteiger partial charge in [-0.2, -0.15) is 18.4 Å². The minimum Gasteiger partial charge on any atom is -0.250 e. The molecule has 0 amide bonds. The monoisotopic (exact) mass is 362 g/mol. The predicted molar refractivity (Wildman–Crippen MR) is 56.2 cm³/mol. The minimum absolute atomic E-state index is 0.0872. The second-order valence-corrected chi connectivity index (χ2v) is 4.14. The van der Waals surface area contributed by atoms with E-state index < -0.39 is 35.8 Å². The molecule has 0 aliphatic heterocycles. The third kappa shape index (κ3) is 3.02. The van der Waals surface area contributed by atoms with Crippen molar-refractivity contribution < 1.29 is 22.0 Å².